The van der Waals surface area contributed by atoms with Crippen LogP contribution in [0.1, 0.15) is 28.4 Å². The Labute approximate surface area is 114 Å². The summed E-state index contributed by atoms with van der Waals surface area (Å²) in [5.41, 5.74) is 0.559. The highest BCUT2D eigenvalue weighted by Gasteiger charge is 2.31. The van der Waals surface area contributed by atoms with E-state index in [2.05, 4.69) is 0 Å². The van der Waals surface area contributed by atoms with Crippen LogP contribution in [0, 0.1) is 0 Å². The molecular formula is C15H12O5. The molecule has 1 atom stereocenters. The van der Waals surface area contributed by atoms with Crippen LogP contribution in [0.2, 0.25) is 0 Å². The van der Waals surface area contributed by atoms with Gasteiger partial charge in [0.25, 0.3) is 0 Å². The van der Waals surface area contributed by atoms with Crippen LogP contribution in [-0.2, 0) is 0 Å². The second-order valence-corrected chi connectivity index (χ2v) is 4.63. The topological polar surface area (TPSA) is 87.0 Å². The van der Waals surface area contributed by atoms with Crippen LogP contribution < -0.4 is 4.74 Å². The van der Waals surface area contributed by atoms with Gasteiger partial charge in [-0.25, -0.2) is 0 Å². The highest BCUT2D eigenvalue weighted by atomic mass is 16.5. The van der Waals surface area contributed by atoms with Gasteiger partial charge in [-0.05, 0) is 6.07 Å². The molecule has 0 radical (unpaired) electrons. The molecule has 1 aliphatic rings. The quantitative estimate of drug-likeness (QED) is 0.742. The number of carbonyl (C=O) groups is 1. The molecule has 0 fully saturated rings. The molecule has 5 nitrogen and oxygen atoms in total. The Morgan fingerprint density at radius 3 is 2.55 bits per heavy atom. The number of benzene rings is 2. The molecule has 0 aromatic heterocycles. The lowest BCUT2D eigenvalue weighted by Gasteiger charge is -2.26. The Bertz CT molecular complexity index is 693. The summed E-state index contributed by atoms with van der Waals surface area (Å²) in [4.78, 5) is 12.1. The van der Waals surface area contributed by atoms with Crippen molar-refractivity contribution >= 4 is 5.78 Å². The third-order valence-electron chi connectivity index (χ3n) is 3.27. The molecule has 1 aliphatic heterocycles. The number of phenolic OH excluding ortho intramolecular Hbond substituents is 3. The number of ketones is 1. The van der Waals surface area contributed by atoms with Crippen molar-refractivity contribution in [3.63, 3.8) is 0 Å². The third-order valence-corrected chi connectivity index (χ3v) is 3.27. The first kappa shape index (κ1) is 12.3. The van der Waals surface area contributed by atoms with Crippen molar-refractivity contribution in [1.29, 1.82) is 0 Å². The molecule has 0 bridgehead atoms. The minimum Gasteiger partial charge on any atom is -0.508 e. The van der Waals surface area contributed by atoms with Crippen LogP contribution in [0.15, 0.2) is 36.4 Å². The normalized spacial score (nSPS) is 17.4. The molecule has 0 amide bonds. The van der Waals surface area contributed by atoms with Gasteiger partial charge in [-0.1, -0.05) is 18.2 Å². The van der Waals surface area contributed by atoms with Gasteiger partial charge in [-0.2, -0.15) is 0 Å². The lowest BCUT2D eigenvalue weighted by atomic mass is 9.95. The van der Waals surface area contributed by atoms with Gasteiger partial charge in [0.2, 0.25) is 0 Å². The van der Waals surface area contributed by atoms with E-state index in [9.17, 15) is 20.1 Å². The summed E-state index contributed by atoms with van der Waals surface area (Å²) in [7, 11) is 0. The highest BCUT2D eigenvalue weighted by Crippen LogP contribution is 2.42. The fourth-order valence-electron chi connectivity index (χ4n) is 2.36. The molecule has 20 heavy (non-hydrogen) atoms. The summed E-state index contributed by atoms with van der Waals surface area (Å²) in [5, 5.41) is 29.0. The van der Waals surface area contributed by atoms with Gasteiger partial charge in [0.05, 0.1) is 6.42 Å². The molecule has 3 rings (SSSR count). The zero-order valence-electron chi connectivity index (χ0n) is 10.4. The first-order chi connectivity index (χ1) is 9.56. The molecule has 1 heterocycles. The number of ether oxygens (including phenoxy) is 1. The average Bonchev–Trinajstić information content (AvgIpc) is 2.37. The number of para-hydroxylation sites is 1. The molecule has 0 unspecified atom stereocenters. The van der Waals surface area contributed by atoms with Gasteiger partial charge >= 0.3 is 0 Å². The predicted molar refractivity (Wildman–Crippen MR) is 70.2 cm³/mol. The predicted octanol–water partition coefficient (Wildman–Crippen LogP) is 2.51. The summed E-state index contributed by atoms with van der Waals surface area (Å²) in [6.07, 6.45) is -0.625. The average molecular weight is 272 g/mol. The van der Waals surface area contributed by atoms with Crippen molar-refractivity contribution < 1.29 is 24.9 Å². The Hall–Kier alpha value is -2.69. The standard InChI is InChI=1S/C15H12O5/c16-8-5-11(18)15-12(19)7-13(20-14(15)6-8)9-3-1-2-4-10(9)17/h1-6,13,16-18H,7H2/t13-/m1/s1. The summed E-state index contributed by atoms with van der Waals surface area (Å²) in [6.45, 7) is 0. The first-order valence-corrected chi connectivity index (χ1v) is 6.10. The van der Waals surface area contributed by atoms with Crippen molar-refractivity contribution in [2.75, 3.05) is 0 Å². The van der Waals surface area contributed by atoms with E-state index >= 15 is 0 Å². The maximum absolute atomic E-state index is 12.1. The van der Waals surface area contributed by atoms with Gasteiger partial charge < -0.3 is 20.1 Å². The van der Waals surface area contributed by atoms with E-state index in [0.29, 0.717) is 5.56 Å². The van der Waals surface area contributed by atoms with Crippen molar-refractivity contribution in [2.45, 2.75) is 12.5 Å². The maximum Gasteiger partial charge on any atom is 0.174 e. The van der Waals surface area contributed by atoms with Crippen molar-refractivity contribution in [2.24, 2.45) is 0 Å². The molecule has 0 saturated carbocycles. The van der Waals surface area contributed by atoms with E-state index in [1.165, 1.54) is 12.1 Å². The molecule has 102 valence electrons. The number of phenols is 3. The van der Waals surface area contributed by atoms with Crippen molar-refractivity contribution in [3.8, 4) is 23.0 Å². The zero-order valence-corrected chi connectivity index (χ0v) is 10.4. The molecule has 2 aromatic carbocycles. The van der Waals surface area contributed by atoms with Gasteiger partial charge in [-0.15, -0.1) is 0 Å². The summed E-state index contributed by atoms with van der Waals surface area (Å²) in [5.74, 6) is -0.630. The molecule has 0 spiro atoms. The molecule has 0 aliphatic carbocycles. The van der Waals surface area contributed by atoms with E-state index in [0.717, 1.165) is 6.07 Å². The van der Waals surface area contributed by atoms with E-state index in [4.69, 9.17) is 4.74 Å². The van der Waals surface area contributed by atoms with Crippen LogP contribution in [0.5, 0.6) is 23.0 Å². The summed E-state index contributed by atoms with van der Waals surface area (Å²) < 4.78 is 5.63. The zero-order chi connectivity index (χ0) is 14.3. The van der Waals surface area contributed by atoms with Crippen LogP contribution in [0.25, 0.3) is 0 Å². The minimum atomic E-state index is -0.641. The summed E-state index contributed by atoms with van der Waals surface area (Å²) in [6, 6.07) is 8.96. The Kier molecular flexibility index (Phi) is 2.75. The lowest BCUT2D eigenvalue weighted by molar-refractivity contribution is 0.0842. The van der Waals surface area contributed by atoms with Crippen LogP contribution >= 0.6 is 0 Å². The molecule has 0 saturated heterocycles. The van der Waals surface area contributed by atoms with Gasteiger partial charge in [0.1, 0.15) is 34.7 Å². The van der Waals surface area contributed by atoms with Crippen LogP contribution in [0.3, 0.4) is 0 Å². The number of fused-ring (bicyclic) bond motifs is 1. The third kappa shape index (κ3) is 1.93. The number of Topliss-reactive ketones (excluding diaryl/α,β-unsaturated/α-hetero) is 1. The fraction of sp³-hybridized carbons (Fsp3) is 0.133. The number of carbonyl (C=O) groups excluding carboxylic acids is 1. The summed E-state index contributed by atoms with van der Waals surface area (Å²) >= 11 is 0. The van der Waals surface area contributed by atoms with Crippen LogP contribution in [-0.4, -0.2) is 21.1 Å². The smallest absolute Gasteiger partial charge is 0.174 e. The first-order valence-electron chi connectivity index (χ1n) is 6.10. The SMILES string of the molecule is O=C1C[C@H](c2ccccc2O)Oc2cc(O)cc(O)c21. The Morgan fingerprint density at radius 1 is 1.05 bits per heavy atom. The maximum atomic E-state index is 12.1. The highest BCUT2D eigenvalue weighted by molar-refractivity contribution is 6.02. The molecule has 3 N–H and O–H groups in total. The second-order valence-electron chi connectivity index (χ2n) is 4.63. The lowest BCUT2D eigenvalue weighted by Crippen LogP contribution is -2.20. The van der Waals surface area contributed by atoms with E-state index < -0.39 is 6.10 Å². The van der Waals surface area contributed by atoms with Gasteiger partial charge in [0.15, 0.2) is 5.78 Å². The van der Waals surface area contributed by atoms with Gasteiger partial charge in [0, 0.05) is 17.7 Å². The second kappa shape index (κ2) is 4.45. The van der Waals surface area contributed by atoms with E-state index in [-0.39, 0.29) is 40.8 Å². The van der Waals surface area contributed by atoms with Gasteiger partial charge in [-0.3, -0.25) is 4.79 Å². The van der Waals surface area contributed by atoms with E-state index in [1.54, 1.807) is 18.2 Å². The van der Waals surface area contributed by atoms with E-state index in [1.807, 2.05) is 0 Å². The monoisotopic (exact) mass is 272 g/mol. The molecule has 2 aromatic rings. The number of hydrogen-bond acceptors (Lipinski definition) is 5. The Balaban J connectivity index is 2.05. The minimum absolute atomic E-state index is 0.0168. The molecular weight excluding hydrogens is 260 g/mol. The number of aromatic hydroxyl groups is 3. The fourth-order valence-corrected chi connectivity index (χ4v) is 2.36. The van der Waals surface area contributed by atoms with Crippen LogP contribution in [0.4, 0.5) is 0 Å². The largest absolute Gasteiger partial charge is 0.508 e. The molecule has 5 heteroatoms. The Morgan fingerprint density at radius 2 is 1.80 bits per heavy atom. The number of rotatable bonds is 1. The van der Waals surface area contributed by atoms with Crippen molar-refractivity contribution in [1.82, 2.24) is 0 Å². The van der Waals surface area contributed by atoms with Crippen molar-refractivity contribution in [3.05, 3.63) is 47.5 Å². The number of hydrogen-bond donors (Lipinski definition) is 3.